The quantitative estimate of drug-likeness (QED) is 0.379. The number of aromatic nitrogens is 2. The molecule has 11 heteroatoms. The Bertz CT molecular complexity index is 903. The van der Waals surface area contributed by atoms with Gasteiger partial charge < -0.3 is 30.7 Å². The Morgan fingerprint density at radius 1 is 1.35 bits per heavy atom. The van der Waals surface area contributed by atoms with Gasteiger partial charge in [0.2, 0.25) is 17.6 Å². The van der Waals surface area contributed by atoms with Crippen LogP contribution in [-0.2, 0) is 4.74 Å². The minimum Gasteiger partial charge on any atom is -0.496 e. The van der Waals surface area contributed by atoms with E-state index in [2.05, 4.69) is 20.6 Å². The normalized spacial score (nSPS) is 16.8. The molecule has 31 heavy (non-hydrogen) atoms. The van der Waals surface area contributed by atoms with E-state index in [4.69, 9.17) is 15.2 Å². The number of ether oxygens (including phenoxy) is 2. The average molecular weight is 431 g/mol. The molecule has 0 saturated carbocycles. The maximum absolute atomic E-state index is 11.5. The van der Waals surface area contributed by atoms with Crippen LogP contribution in [0.3, 0.4) is 0 Å². The van der Waals surface area contributed by atoms with Crippen molar-refractivity contribution in [2.24, 2.45) is 0 Å². The molecule has 0 unspecified atom stereocenters. The molecule has 4 N–H and O–H groups in total. The lowest BCUT2D eigenvalue weighted by atomic mass is 10.0. The van der Waals surface area contributed by atoms with Gasteiger partial charge in [0.15, 0.2) is 0 Å². The first-order valence-corrected chi connectivity index (χ1v) is 10.1. The molecule has 0 bridgehead atoms. The van der Waals surface area contributed by atoms with Crippen molar-refractivity contribution >= 4 is 23.3 Å². The van der Waals surface area contributed by atoms with Gasteiger partial charge in [0.1, 0.15) is 5.75 Å². The van der Waals surface area contributed by atoms with Crippen LogP contribution in [0.4, 0.5) is 23.3 Å². The van der Waals surface area contributed by atoms with Crippen LogP contribution in [0.5, 0.6) is 5.75 Å². The number of para-hydroxylation sites is 1. The summed E-state index contributed by atoms with van der Waals surface area (Å²) < 4.78 is 11.1. The fraction of sp³-hybridized carbons (Fsp3) is 0.500. The van der Waals surface area contributed by atoms with Crippen LogP contribution >= 0.6 is 0 Å². The highest BCUT2D eigenvalue weighted by molar-refractivity contribution is 5.69. The minimum absolute atomic E-state index is 0.00382. The third-order valence-electron chi connectivity index (χ3n) is 5.19. The van der Waals surface area contributed by atoms with Crippen LogP contribution < -0.4 is 21.1 Å². The molecule has 2 heterocycles. The molecule has 168 valence electrons. The number of nitro groups is 1. The number of nitrogens with zero attached hydrogens (tertiary/aromatic N) is 4. The van der Waals surface area contributed by atoms with Gasteiger partial charge >= 0.3 is 5.69 Å². The summed E-state index contributed by atoms with van der Waals surface area (Å²) in [5, 5.41) is 17.7. The molecule has 1 aromatic heterocycles. The Kier molecular flexibility index (Phi) is 7.42. The lowest BCUT2D eigenvalue weighted by Gasteiger charge is -2.26. The van der Waals surface area contributed by atoms with Gasteiger partial charge in [-0.3, -0.25) is 10.1 Å². The van der Waals surface area contributed by atoms with E-state index in [1.165, 1.54) is 0 Å². The highest BCUT2D eigenvalue weighted by Crippen LogP contribution is 2.31. The first kappa shape index (κ1) is 22.5. The summed E-state index contributed by atoms with van der Waals surface area (Å²) >= 11 is 0. The number of methoxy groups -OCH3 is 1. The molecule has 11 nitrogen and oxygen atoms in total. The summed E-state index contributed by atoms with van der Waals surface area (Å²) in [6.45, 7) is 1.55. The number of rotatable bonds is 10. The van der Waals surface area contributed by atoms with E-state index in [1.54, 1.807) is 7.11 Å². The first-order chi connectivity index (χ1) is 14.9. The zero-order chi connectivity index (χ0) is 22.4. The topological polar surface area (TPSA) is 141 Å². The average Bonchev–Trinajstić information content (AvgIpc) is 3.25. The van der Waals surface area contributed by atoms with Crippen molar-refractivity contribution in [3.63, 3.8) is 0 Å². The van der Waals surface area contributed by atoms with Crippen LogP contribution in [0.2, 0.25) is 0 Å². The molecule has 0 spiro atoms. The van der Waals surface area contributed by atoms with Gasteiger partial charge in [0.05, 0.1) is 24.2 Å². The summed E-state index contributed by atoms with van der Waals surface area (Å²) in [5.41, 5.74) is 6.55. The summed E-state index contributed by atoms with van der Waals surface area (Å²) in [6, 6.07) is 7.69. The largest absolute Gasteiger partial charge is 0.496 e. The smallest absolute Gasteiger partial charge is 0.353 e. The van der Waals surface area contributed by atoms with E-state index in [0.29, 0.717) is 19.7 Å². The van der Waals surface area contributed by atoms with E-state index >= 15 is 0 Å². The number of nitrogens with one attached hydrogen (secondary N) is 2. The van der Waals surface area contributed by atoms with Gasteiger partial charge in [0, 0.05) is 25.3 Å². The van der Waals surface area contributed by atoms with E-state index in [0.717, 1.165) is 24.2 Å². The van der Waals surface area contributed by atoms with Crippen LogP contribution in [0, 0.1) is 10.1 Å². The number of nitrogens with two attached hydrogens (primary N) is 1. The number of hydrogen-bond acceptors (Lipinski definition) is 10. The number of nitrogen functional groups attached to an aromatic ring is 1. The summed E-state index contributed by atoms with van der Waals surface area (Å²) in [6.07, 6.45) is 1.87. The second-order valence-corrected chi connectivity index (χ2v) is 7.50. The number of benzene rings is 1. The molecular weight excluding hydrogens is 402 g/mol. The number of likely N-dealkylation sites (N-methyl/N-ethyl adjacent to an activating group) is 1. The zero-order valence-corrected chi connectivity index (χ0v) is 18.0. The Hall–Kier alpha value is -3.18. The van der Waals surface area contributed by atoms with Crippen LogP contribution in [0.1, 0.15) is 24.4 Å². The lowest BCUT2D eigenvalue weighted by Crippen LogP contribution is -2.28. The Labute approximate surface area is 181 Å². The fourth-order valence-electron chi connectivity index (χ4n) is 3.57. The van der Waals surface area contributed by atoms with Gasteiger partial charge in [0.25, 0.3) is 0 Å². The highest BCUT2D eigenvalue weighted by atomic mass is 16.6. The Morgan fingerprint density at radius 2 is 2.13 bits per heavy atom. The van der Waals surface area contributed by atoms with Gasteiger partial charge in [-0.1, -0.05) is 18.2 Å². The van der Waals surface area contributed by atoms with Crippen LogP contribution in [0.25, 0.3) is 0 Å². The minimum atomic E-state index is -0.575. The van der Waals surface area contributed by atoms with E-state index in [9.17, 15) is 10.1 Å². The van der Waals surface area contributed by atoms with E-state index < -0.39 is 4.92 Å². The number of hydrogen-bond donors (Lipinski definition) is 3. The fourth-order valence-corrected chi connectivity index (χ4v) is 3.57. The first-order valence-electron chi connectivity index (χ1n) is 10.1. The van der Waals surface area contributed by atoms with Crippen molar-refractivity contribution in [2.75, 3.05) is 57.3 Å². The Balaban J connectivity index is 1.80. The predicted octanol–water partition coefficient (Wildman–Crippen LogP) is 2.28. The second kappa shape index (κ2) is 10.2. The van der Waals surface area contributed by atoms with Gasteiger partial charge in [-0.05, 0) is 33.0 Å². The molecule has 0 radical (unpaired) electrons. The van der Waals surface area contributed by atoms with Crippen molar-refractivity contribution in [2.45, 2.75) is 25.0 Å². The van der Waals surface area contributed by atoms with Crippen molar-refractivity contribution in [1.29, 1.82) is 0 Å². The SMILES string of the molecule is COc1ccccc1[C@@H](CNc1nc(N)c([N+](=O)[O-])c(NC[C@@H]2CCCO2)n1)N(C)C. The predicted molar refractivity (Wildman–Crippen MR) is 118 cm³/mol. The number of anilines is 3. The monoisotopic (exact) mass is 431 g/mol. The Morgan fingerprint density at radius 3 is 2.77 bits per heavy atom. The maximum Gasteiger partial charge on any atom is 0.353 e. The molecule has 2 atom stereocenters. The van der Waals surface area contributed by atoms with Gasteiger partial charge in [-0.2, -0.15) is 9.97 Å². The second-order valence-electron chi connectivity index (χ2n) is 7.50. The van der Waals surface area contributed by atoms with E-state index in [1.807, 2.05) is 43.3 Å². The summed E-state index contributed by atoms with van der Waals surface area (Å²) in [4.78, 5) is 21.4. The molecular formula is C20H29N7O4. The zero-order valence-electron chi connectivity index (χ0n) is 18.0. The standard InChI is InChI=1S/C20H29N7O4/c1-26(2)15(14-8-4-5-9-16(14)30-3)12-23-20-24-18(21)17(27(28)29)19(25-20)22-11-13-7-6-10-31-13/h4-5,8-9,13,15H,6-7,10-12H2,1-3H3,(H4,21,22,23,24,25)/t13-,15+/m0/s1. The molecule has 2 aromatic rings. The molecule has 0 aliphatic carbocycles. The van der Waals surface area contributed by atoms with Crippen molar-refractivity contribution in [3.8, 4) is 5.75 Å². The molecule has 3 rings (SSSR count). The van der Waals surface area contributed by atoms with Gasteiger partial charge in [-0.15, -0.1) is 0 Å². The maximum atomic E-state index is 11.5. The lowest BCUT2D eigenvalue weighted by molar-refractivity contribution is -0.383. The summed E-state index contributed by atoms with van der Waals surface area (Å²) in [5.74, 6) is 0.857. The molecule has 0 amide bonds. The summed E-state index contributed by atoms with van der Waals surface area (Å²) in [7, 11) is 5.54. The molecule has 1 aromatic carbocycles. The van der Waals surface area contributed by atoms with Crippen molar-refractivity contribution < 1.29 is 14.4 Å². The highest BCUT2D eigenvalue weighted by Gasteiger charge is 2.25. The molecule has 1 fully saturated rings. The van der Waals surface area contributed by atoms with Crippen molar-refractivity contribution in [1.82, 2.24) is 14.9 Å². The third-order valence-corrected chi connectivity index (χ3v) is 5.19. The van der Waals surface area contributed by atoms with Crippen LogP contribution in [0.15, 0.2) is 24.3 Å². The van der Waals surface area contributed by atoms with E-state index in [-0.39, 0.29) is 35.4 Å². The van der Waals surface area contributed by atoms with Gasteiger partial charge in [-0.25, -0.2) is 0 Å². The third kappa shape index (κ3) is 5.50. The van der Waals surface area contributed by atoms with Crippen LogP contribution in [-0.4, -0.2) is 66.8 Å². The molecule has 1 saturated heterocycles. The molecule has 1 aliphatic rings. The molecule has 1 aliphatic heterocycles. The van der Waals surface area contributed by atoms with Crippen molar-refractivity contribution in [3.05, 3.63) is 39.9 Å².